The minimum atomic E-state index is 0.341. The number of aliphatic hydroxyl groups excluding tert-OH is 1. The van der Waals surface area contributed by atoms with Gasteiger partial charge in [-0.05, 0) is 36.7 Å². The van der Waals surface area contributed by atoms with Gasteiger partial charge in [-0.1, -0.05) is 43.2 Å². The van der Waals surface area contributed by atoms with Crippen LogP contribution in [-0.4, -0.2) is 11.7 Å². The second-order valence-corrected chi connectivity index (χ2v) is 4.57. The van der Waals surface area contributed by atoms with Crippen molar-refractivity contribution in [1.82, 2.24) is 0 Å². The zero-order valence-corrected chi connectivity index (χ0v) is 9.23. The molecule has 0 aliphatic heterocycles. The highest BCUT2D eigenvalue weighted by Gasteiger charge is 2.25. The average molecular weight is 204 g/mol. The van der Waals surface area contributed by atoms with E-state index < -0.39 is 0 Å². The van der Waals surface area contributed by atoms with Crippen LogP contribution in [0.1, 0.15) is 43.6 Å². The molecule has 1 N–H and O–H groups in total. The first-order valence-electron chi connectivity index (χ1n) is 6.07. The highest BCUT2D eigenvalue weighted by Crippen LogP contribution is 2.39. The largest absolute Gasteiger partial charge is 0.396 e. The Balaban J connectivity index is 2.11. The van der Waals surface area contributed by atoms with Gasteiger partial charge in [0.05, 0.1) is 0 Å². The molecule has 2 atom stereocenters. The standard InChI is InChI=1S/C14H20O/c15-11-10-13-8-4-5-9-14(13)12-6-2-1-3-7-12/h1-3,6-7,13-15H,4-5,8-11H2/t13-,14+/m1/s1. The van der Waals surface area contributed by atoms with E-state index in [1.165, 1.54) is 31.2 Å². The highest BCUT2D eigenvalue weighted by atomic mass is 16.3. The monoisotopic (exact) mass is 204 g/mol. The maximum absolute atomic E-state index is 9.08. The molecule has 0 saturated heterocycles. The van der Waals surface area contributed by atoms with Crippen molar-refractivity contribution in [2.75, 3.05) is 6.61 Å². The van der Waals surface area contributed by atoms with E-state index in [-0.39, 0.29) is 0 Å². The molecule has 1 aliphatic carbocycles. The fourth-order valence-corrected chi connectivity index (χ4v) is 2.86. The van der Waals surface area contributed by atoms with E-state index >= 15 is 0 Å². The molecule has 1 heteroatoms. The van der Waals surface area contributed by atoms with Crippen LogP contribution in [0.25, 0.3) is 0 Å². The molecule has 1 fully saturated rings. The van der Waals surface area contributed by atoms with Gasteiger partial charge >= 0.3 is 0 Å². The first-order chi connectivity index (χ1) is 7.42. The quantitative estimate of drug-likeness (QED) is 0.800. The molecule has 1 aromatic rings. The van der Waals surface area contributed by atoms with Crippen molar-refractivity contribution >= 4 is 0 Å². The normalized spacial score (nSPS) is 26.5. The summed E-state index contributed by atoms with van der Waals surface area (Å²) in [7, 11) is 0. The van der Waals surface area contributed by atoms with E-state index in [0.717, 1.165) is 6.42 Å². The molecule has 1 saturated carbocycles. The van der Waals surface area contributed by atoms with E-state index in [9.17, 15) is 0 Å². The SMILES string of the molecule is OCC[C@H]1CCCC[C@H]1c1ccccc1. The lowest BCUT2D eigenvalue weighted by molar-refractivity contribution is 0.211. The molecular formula is C14H20O. The summed E-state index contributed by atoms with van der Waals surface area (Å²) >= 11 is 0. The van der Waals surface area contributed by atoms with Gasteiger partial charge in [-0.3, -0.25) is 0 Å². The van der Waals surface area contributed by atoms with E-state index in [1.54, 1.807) is 0 Å². The third-order valence-corrected chi connectivity index (χ3v) is 3.64. The first kappa shape index (κ1) is 10.7. The molecule has 1 aromatic carbocycles. The second-order valence-electron chi connectivity index (χ2n) is 4.57. The summed E-state index contributed by atoms with van der Waals surface area (Å²) in [6.07, 6.45) is 6.25. The Labute approximate surface area is 92.1 Å². The van der Waals surface area contributed by atoms with Crippen LogP contribution < -0.4 is 0 Å². The van der Waals surface area contributed by atoms with Crippen molar-refractivity contribution in [2.24, 2.45) is 5.92 Å². The first-order valence-corrected chi connectivity index (χ1v) is 6.07. The van der Waals surface area contributed by atoms with Crippen molar-refractivity contribution in [3.05, 3.63) is 35.9 Å². The van der Waals surface area contributed by atoms with Crippen LogP contribution in [0.3, 0.4) is 0 Å². The van der Waals surface area contributed by atoms with Crippen LogP contribution in [0.2, 0.25) is 0 Å². The second kappa shape index (κ2) is 5.32. The predicted molar refractivity (Wildman–Crippen MR) is 62.8 cm³/mol. The summed E-state index contributed by atoms with van der Waals surface area (Å²) in [4.78, 5) is 0. The van der Waals surface area contributed by atoms with E-state index in [0.29, 0.717) is 18.4 Å². The van der Waals surface area contributed by atoms with E-state index in [1.807, 2.05) is 0 Å². The van der Waals surface area contributed by atoms with Crippen molar-refractivity contribution in [3.63, 3.8) is 0 Å². The third kappa shape index (κ3) is 2.60. The van der Waals surface area contributed by atoms with Gasteiger partial charge in [-0.25, -0.2) is 0 Å². The maximum atomic E-state index is 9.08. The number of benzene rings is 1. The smallest absolute Gasteiger partial charge is 0.0433 e. The van der Waals surface area contributed by atoms with Crippen molar-refractivity contribution < 1.29 is 5.11 Å². The van der Waals surface area contributed by atoms with Crippen molar-refractivity contribution in [3.8, 4) is 0 Å². The van der Waals surface area contributed by atoms with Crippen LogP contribution in [0.5, 0.6) is 0 Å². The fraction of sp³-hybridized carbons (Fsp3) is 0.571. The third-order valence-electron chi connectivity index (χ3n) is 3.64. The molecule has 1 aliphatic rings. The number of rotatable bonds is 3. The van der Waals surface area contributed by atoms with Crippen molar-refractivity contribution in [2.45, 2.75) is 38.0 Å². The Kier molecular flexibility index (Phi) is 3.79. The fourth-order valence-electron chi connectivity index (χ4n) is 2.86. The van der Waals surface area contributed by atoms with Gasteiger partial charge in [0.1, 0.15) is 0 Å². The molecule has 1 nitrogen and oxygen atoms in total. The van der Waals surface area contributed by atoms with Gasteiger partial charge in [-0.2, -0.15) is 0 Å². The average Bonchev–Trinajstić information content (AvgIpc) is 2.31. The van der Waals surface area contributed by atoms with Gasteiger partial charge < -0.3 is 5.11 Å². The Bertz CT molecular complexity index is 279. The molecule has 15 heavy (non-hydrogen) atoms. The zero-order valence-electron chi connectivity index (χ0n) is 9.23. The molecule has 0 unspecified atom stereocenters. The molecule has 0 aromatic heterocycles. The van der Waals surface area contributed by atoms with Gasteiger partial charge in [0, 0.05) is 6.61 Å². The Morgan fingerprint density at radius 1 is 1.07 bits per heavy atom. The minimum Gasteiger partial charge on any atom is -0.396 e. The Morgan fingerprint density at radius 2 is 1.80 bits per heavy atom. The van der Waals surface area contributed by atoms with Crippen LogP contribution in [0, 0.1) is 5.92 Å². The Hall–Kier alpha value is -0.820. The lowest BCUT2D eigenvalue weighted by Gasteiger charge is -2.31. The summed E-state index contributed by atoms with van der Waals surface area (Å²) in [6.45, 7) is 0.341. The molecule has 0 spiro atoms. The minimum absolute atomic E-state index is 0.341. The van der Waals surface area contributed by atoms with Crippen LogP contribution in [0.15, 0.2) is 30.3 Å². The molecule has 0 heterocycles. The van der Waals surface area contributed by atoms with E-state index in [2.05, 4.69) is 30.3 Å². The van der Waals surface area contributed by atoms with Crippen LogP contribution in [0.4, 0.5) is 0 Å². The van der Waals surface area contributed by atoms with E-state index in [4.69, 9.17) is 5.11 Å². The lowest BCUT2D eigenvalue weighted by atomic mass is 9.74. The zero-order chi connectivity index (χ0) is 10.5. The predicted octanol–water partition coefficient (Wildman–Crippen LogP) is 3.34. The number of aliphatic hydroxyl groups is 1. The Morgan fingerprint density at radius 3 is 2.53 bits per heavy atom. The lowest BCUT2D eigenvalue weighted by Crippen LogP contribution is -2.18. The summed E-state index contributed by atoms with van der Waals surface area (Å²) < 4.78 is 0. The summed E-state index contributed by atoms with van der Waals surface area (Å²) in [5, 5.41) is 9.08. The molecule has 2 rings (SSSR count). The van der Waals surface area contributed by atoms with Gasteiger partial charge in [0.25, 0.3) is 0 Å². The molecule has 0 bridgehead atoms. The van der Waals surface area contributed by atoms with Gasteiger partial charge in [0.2, 0.25) is 0 Å². The number of hydrogen-bond donors (Lipinski definition) is 1. The highest BCUT2D eigenvalue weighted by molar-refractivity contribution is 5.20. The molecular weight excluding hydrogens is 184 g/mol. The van der Waals surface area contributed by atoms with Crippen LogP contribution >= 0.6 is 0 Å². The van der Waals surface area contributed by atoms with Gasteiger partial charge in [0.15, 0.2) is 0 Å². The number of hydrogen-bond acceptors (Lipinski definition) is 1. The topological polar surface area (TPSA) is 20.2 Å². The summed E-state index contributed by atoms with van der Waals surface area (Å²) in [6, 6.07) is 10.8. The summed E-state index contributed by atoms with van der Waals surface area (Å²) in [5.74, 6) is 1.39. The maximum Gasteiger partial charge on any atom is 0.0433 e. The molecule has 0 radical (unpaired) electrons. The molecule has 82 valence electrons. The van der Waals surface area contributed by atoms with Gasteiger partial charge in [-0.15, -0.1) is 0 Å². The molecule has 0 amide bonds. The van der Waals surface area contributed by atoms with Crippen LogP contribution in [-0.2, 0) is 0 Å². The summed E-state index contributed by atoms with van der Waals surface area (Å²) in [5.41, 5.74) is 1.47. The van der Waals surface area contributed by atoms with Crippen molar-refractivity contribution in [1.29, 1.82) is 0 Å².